The summed E-state index contributed by atoms with van der Waals surface area (Å²) in [6.07, 6.45) is 1.74. The van der Waals surface area contributed by atoms with Gasteiger partial charge in [-0.3, -0.25) is 4.79 Å². The number of nitrogens with one attached hydrogen (secondary N) is 1. The molecule has 0 bridgehead atoms. The fourth-order valence-corrected chi connectivity index (χ4v) is 4.45. The van der Waals surface area contributed by atoms with Crippen LogP contribution in [0.5, 0.6) is 0 Å². The van der Waals surface area contributed by atoms with Crippen molar-refractivity contribution < 1.29 is 22.0 Å². The number of sulfone groups is 1. The highest BCUT2D eigenvalue weighted by Crippen LogP contribution is 2.24. The summed E-state index contributed by atoms with van der Waals surface area (Å²) in [5.74, 6) is -2.40. The molecule has 0 spiro atoms. The molecule has 1 fully saturated rings. The van der Waals surface area contributed by atoms with E-state index in [2.05, 4.69) is 20.5 Å². The number of alkyl halides is 2. The average molecular weight is 489 g/mol. The molecule has 0 unspecified atom stereocenters. The molecule has 9 nitrogen and oxygen atoms in total. The van der Waals surface area contributed by atoms with E-state index in [0.29, 0.717) is 30.5 Å². The zero-order valence-electron chi connectivity index (χ0n) is 18.2. The Hall–Kier alpha value is -3.67. The van der Waals surface area contributed by atoms with Gasteiger partial charge in [-0.05, 0) is 42.8 Å². The van der Waals surface area contributed by atoms with Crippen LogP contribution in [0.25, 0.3) is 0 Å². The Balaban J connectivity index is 1.40. The number of nitrogens with zero attached hydrogens (tertiary/aromatic N) is 5. The summed E-state index contributed by atoms with van der Waals surface area (Å²) in [4.78, 5) is 19.9. The number of halogens is 2. The Morgan fingerprint density at radius 3 is 2.29 bits per heavy atom. The van der Waals surface area contributed by atoms with Gasteiger partial charge in [0.25, 0.3) is 5.91 Å². The van der Waals surface area contributed by atoms with Gasteiger partial charge < -0.3 is 15.1 Å². The van der Waals surface area contributed by atoms with Crippen molar-refractivity contribution >= 4 is 33.2 Å². The van der Waals surface area contributed by atoms with E-state index in [1.54, 1.807) is 18.3 Å². The van der Waals surface area contributed by atoms with Crippen molar-refractivity contribution in [2.45, 2.75) is 17.6 Å². The molecule has 3 aromatic rings. The number of carbonyl (C=O) groups is 1. The first-order valence-electron chi connectivity index (χ1n) is 10.4. The molecule has 1 amide bonds. The fourth-order valence-electron chi connectivity index (χ4n) is 3.53. The molecule has 178 valence electrons. The lowest BCUT2D eigenvalue weighted by molar-refractivity contribution is 0.0742. The van der Waals surface area contributed by atoms with Crippen molar-refractivity contribution in [3.8, 4) is 0 Å². The minimum atomic E-state index is -4.89. The summed E-state index contributed by atoms with van der Waals surface area (Å²) in [7, 11) is -4.89. The van der Waals surface area contributed by atoms with Gasteiger partial charge >= 0.3 is 5.76 Å². The lowest BCUT2D eigenvalue weighted by Crippen LogP contribution is -2.49. The second-order valence-electron chi connectivity index (χ2n) is 7.70. The monoisotopic (exact) mass is 488 g/mol. The molecular formula is C22H22F2N6O3S. The molecule has 2 aromatic heterocycles. The first-order chi connectivity index (χ1) is 16.3. The highest BCUT2D eigenvalue weighted by molar-refractivity contribution is 7.91. The zero-order valence-corrected chi connectivity index (χ0v) is 19.0. The number of carbonyl (C=O) groups excluding carboxylic acids is 1. The average Bonchev–Trinajstić information content (AvgIpc) is 2.85. The van der Waals surface area contributed by atoms with E-state index in [9.17, 15) is 22.0 Å². The Kier molecular flexibility index (Phi) is 6.68. The Morgan fingerprint density at radius 1 is 0.971 bits per heavy atom. The number of piperazine rings is 1. The van der Waals surface area contributed by atoms with Gasteiger partial charge in [-0.25, -0.2) is 13.4 Å². The van der Waals surface area contributed by atoms with Crippen molar-refractivity contribution in [2.75, 3.05) is 36.4 Å². The smallest absolute Gasteiger partial charge is 0.341 e. The second kappa shape index (κ2) is 9.67. The molecule has 12 heteroatoms. The maximum Gasteiger partial charge on any atom is 0.341 e. The number of amides is 1. The molecule has 1 aromatic carbocycles. The van der Waals surface area contributed by atoms with E-state index in [4.69, 9.17) is 0 Å². The third-order valence-electron chi connectivity index (χ3n) is 5.37. The standard InChI is InChI=1S/C22H22F2N6O3S/c1-15-6-7-18(25-14-15)26-19-8-9-20(28-27-19)29-10-12-30(13-11-29)21(31)16-4-2-3-5-17(16)34(32,33)22(23)24/h2-9,14,22H,10-13H2,1H3,(H,25,26,27). The van der Waals surface area contributed by atoms with E-state index in [1.165, 1.54) is 23.1 Å². The van der Waals surface area contributed by atoms with Gasteiger partial charge in [0, 0.05) is 32.4 Å². The van der Waals surface area contributed by atoms with Crippen molar-refractivity contribution in [3.63, 3.8) is 0 Å². The molecule has 0 atom stereocenters. The first kappa shape index (κ1) is 23.5. The third kappa shape index (κ3) is 4.96. The quantitative estimate of drug-likeness (QED) is 0.564. The van der Waals surface area contributed by atoms with Crippen LogP contribution in [0.15, 0.2) is 59.6 Å². The second-order valence-corrected chi connectivity index (χ2v) is 9.59. The summed E-state index contributed by atoms with van der Waals surface area (Å²) in [5, 5.41) is 11.5. The number of hydrogen-bond acceptors (Lipinski definition) is 8. The topological polar surface area (TPSA) is 108 Å². The predicted octanol–water partition coefficient (Wildman–Crippen LogP) is 2.88. The molecule has 1 aliphatic rings. The van der Waals surface area contributed by atoms with E-state index >= 15 is 0 Å². The van der Waals surface area contributed by atoms with Crippen LogP contribution >= 0.6 is 0 Å². The third-order valence-corrected chi connectivity index (χ3v) is 6.81. The maximum atomic E-state index is 13.0. The first-order valence-corrected chi connectivity index (χ1v) is 12.0. The molecule has 1 saturated heterocycles. The van der Waals surface area contributed by atoms with Crippen molar-refractivity contribution in [1.82, 2.24) is 20.1 Å². The number of anilines is 3. The maximum absolute atomic E-state index is 13.0. The minimum absolute atomic E-state index is 0.254. The SMILES string of the molecule is Cc1ccc(Nc2ccc(N3CCN(C(=O)c4ccccc4S(=O)(=O)C(F)F)CC3)nn2)nc1. The van der Waals surface area contributed by atoms with Crippen LogP contribution in [0.4, 0.5) is 26.2 Å². The summed E-state index contributed by atoms with van der Waals surface area (Å²) in [6, 6.07) is 12.4. The minimum Gasteiger partial charge on any atom is -0.352 e. The number of benzene rings is 1. The molecule has 3 heterocycles. The fraction of sp³-hybridized carbons (Fsp3) is 0.273. The van der Waals surface area contributed by atoms with Crippen LogP contribution in [0.2, 0.25) is 0 Å². The number of aromatic nitrogens is 3. The van der Waals surface area contributed by atoms with Crippen LogP contribution in [-0.4, -0.2) is 66.3 Å². The van der Waals surface area contributed by atoms with E-state index in [1.807, 2.05) is 24.0 Å². The molecule has 1 N–H and O–H groups in total. The summed E-state index contributed by atoms with van der Waals surface area (Å²) < 4.78 is 50.1. The van der Waals surface area contributed by atoms with Gasteiger partial charge in [-0.2, -0.15) is 8.78 Å². The highest BCUT2D eigenvalue weighted by atomic mass is 32.2. The molecule has 4 rings (SSSR count). The number of aryl methyl sites for hydroxylation is 1. The Morgan fingerprint density at radius 2 is 1.68 bits per heavy atom. The van der Waals surface area contributed by atoms with Gasteiger partial charge in [-0.15, -0.1) is 10.2 Å². The lowest BCUT2D eigenvalue weighted by atomic mass is 10.2. The summed E-state index contributed by atoms with van der Waals surface area (Å²) in [5.41, 5.74) is 0.792. The lowest BCUT2D eigenvalue weighted by Gasteiger charge is -2.35. The van der Waals surface area contributed by atoms with Crippen LogP contribution in [0, 0.1) is 6.92 Å². The zero-order chi connectivity index (χ0) is 24.3. The van der Waals surface area contributed by atoms with Gasteiger partial charge in [0.2, 0.25) is 9.84 Å². The molecule has 34 heavy (non-hydrogen) atoms. The van der Waals surface area contributed by atoms with Crippen molar-refractivity contribution in [2.24, 2.45) is 0 Å². The highest BCUT2D eigenvalue weighted by Gasteiger charge is 2.33. The van der Waals surface area contributed by atoms with Gasteiger partial charge in [-0.1, -0.05) is 18.2 Å². The van der Waals surface area contributed by atoms with Crippen molar-refractivity contribution in [1.29, 1.82) is 0 Å². The Bertz CT molecular complexity index is 1260. The number of pyridine rings is 1. The van der Waals surface area contributed by atoms with E-state index in [0.717, 1.165) is 11.6 Å². The largest absolute Gasteiger partial charge is 0.352 e. The summed E-state index contributed by atoms with van der Waals surface area (Å²) in [6.45, 7) is 3.35. The molecule has 0 radical (unpaired) electrons. The summed E-state index contributed by atoms with van der Waals surface area (Å²) >= 11 is 0. The van der Waals surface area contributed by atoms with Gasteiger partial charge in [0.05, 0.1) is 10.5 Å². The Labute approximate surface area is 195 Å². The van der Waals surface area contributed by atoms with Crippen LogP contribution in [0.1, 0.15) is 15.9 Å². The van der Waals surface area contributed by atoms with E-state index < -0.39 is 26.4 Å². The molecule has 0 saturated carbocycles. The van der Waals surface area contributed by atoms with E-state index in [-0.39, 0.29) is 18.7 Å². The molecular weight excluding hydrogens is 466 g/mol. The normalized spacial score (nSPS) is 14.4. The molecule has 0 aliphatic carbocycles. The predicted molar refractivity (Wildman–Crippen MR) is 122 cm³/mol. The van der Waals surface area contributed by atoms with Crippen LogP contribution in [-0.2, 0) is 9.84 Å². The van der Waals surface area contributed by atoms with Crippen molar-refractivity contribution in [3.05, 3.63) is 65.9 Å². The van der Waals surface area contributed by atoms with Gasteiger partial charge in [0.15, 0.2) is 11.6 Å². The van der Waals surface area contributed by atoms with Gasteiger partial charge in [0.1, 0.15) is 5.82 Å². The van der Waals surface area contributed by atoms with Crippen LogP contribution in [0.3, 0.4) is 0 Å². The number of rotatable bonds is 6. The number of hydrogen-bond donors (Lipinski definition) is 1. The van der Waals surface area contributed by atoms with Crippen LogP contribution < -0.4 is 10.2 Å². The molecule has 1 aliphatic heterocycles.